The van der Waals surface area contributed by atoms with Gasteiger partial charge in [0, 0.05) is 32.1 Å². The number of rotatable bonds is 7. The normalized spacial score (nSPS) is 17.7. The van der Waals surface area contributed by atoms with Crippen LogP contribution in [0.25, 0.3) is 0 Å². The number of benzene rings is 2. The second-order valence-electron chi connectivity index (χ2n) is 6.42. The van der Waals surface area contributed by atoms with Crippen molar-refractivity contribution in [2.75, 3.05) is 26.3 Å². The molecule has 1 saturated heterocycles. The first-order chi connectivity index (χ1) is 12.7. The van der Waals surface area contributed by atoms with Crippen LogP contribution in [0.5, 0.6) is 11.5 Å². The number of hydrogen-bond donors (Lipinski definition) is 1. The summed E-state index contributed by atoms with van der Waals surface area (Å²) in [6, 6.07) is 18.0. The molecule has 0 bridgehead atoms. The van der Waals surface area contributed by atoms with Crippen molar-refractivity contribution in [1.82, 2.24) is 10.2 Å². The molecule has 2 aromatic carbocycles. The molecule has 0 saturated carbocycles. The molecule has 0 radical (unpaired) electrons. The Balaban J connectivity index is 1.64. The second kappa shape index (κ2) is 9.36. The molecule has 1 atom stereocenters. The summed E-state index contributed by atoms with van der Waals surface area (Å²) in [7, 11) is 0. The van der Waals surface area contributed by atoms with Crippen molar-refractivity contribution < 1.29 is 14.3 Å². The van der Waals surface area contributed by atoms with Crippen LogP contribution in [0.2, 0.25) is 0 Å². The Bertz CT molecular complexity index is 705. The van der Waals surface area contributed by atoms with Crippen molar-refractivity contribution in [2.24, 2.45) is 0 Å². The lowest BCUT2D eigenvalue weighted by Crippen LogP contribution is -2.47. The van der Waals surface area contributed by atoms with Gasteiger partial charge in [-0.15, -0.1) is 0 Å². The number of carbonyl (C=O) groups is 1. The molecule has 0 aliphatic carbocycles. The van der Waals surface area contributed by atoms with Gasteiger partial charge >= 0.3 is 0 Å². The number of amides is 1. The van der Waals surface area contributed by atoms with E-state index >= 15 is 0 Å². The van der Waals surface area contributed by atoms with Crippen LogP contribution in [-0.4, -0.2) is 43.2 Å². The predicted octanol–water partition coefficient (Wildman–Crippen LogP) is 3.21. The molecule has 1 heterocycles. The fourth-order valence-electron chi connectivity index (χ4n) is 3.14. The molecule has 2 aromatic rings. The van der Waals surface area contributed by atoms with Gasteiger partial charge in [-0.25, -0.2) is 0 Å². The average molecular weight is 354 g/mol. The van der Waals surface area contributed by atoms with E-state index in [0.717, 1.165) is 24.6 Å². The standard InChI is InChI=1S/C21H26N2O3/c1-2-22-21(24)14-18-16-25-12-11-23(18)15-17-7-6-10-20(13-17)26-19-8-4-3-5-9-19/h3-10,13,18H,2,11-12,14-16H2,1H3,(H,22,24)/t18-/m1/s1. The van der Waals surface area contributed by atoms with E-state index in [2.05, 4.69) is 22.3 Å². The molecule has 1 aliphatic heterocycles. The molecule has 138 valence electrons. The van der Waals surface area contributed by atoms with Gasteiger partial charge in [-0.1, -0.05) is 30.3 Å². The van der Waals surface area contributed by atoms with Gasteiger partial charge in [0.1, 0.15) is 11.5 Å². The Morgan fingerprint density at radius 2 is 2.00 bits per heavy atom. The van der Waals surface area contributed by atoms with Crippen LogP contribution >= 0.6 is 0 Å². The number of morpholine rings is 1. The highest BCUT2D eigenvalue weighted by Crippen LogP contribution is 2.23. The van der Waals surface area contributed by atoms with Gasteiger partial charge in [-0.05, 0) is 36.8 Å². The summed E-state index contributed by atoms with van der Waals surface area (Å²) >= 11 is 0. The van der Waals surface area contributed by atoms with Gasteiger partial charge in [0.2, 0.25) is 5.91 Å². The molecule has 1 N–H and O–H groups in total. The molecular weight excluding hydrogens is 328 g/mol. The zero-order chi connectivity index (χ0) is 18.2. The topological polar surface area (TPSA) is 50.8 Å². The average Bonchev–Trinajstić information content (AvgIpc) is 2.65. The zero-order valence-corrected chi connectivity index (χ0v) is 15.2. The summed E-state index contributed by atoms with van der Waals surface area (Å²) in [6.07, 6.45) is 0.466. The first-order valence-corrected chi connectivity index (χ1v) is 9.15. The molecule has 5 heteroatoms. The van der Waals surface area contributed by atoms with Gasteiger partial charge < -0.3 is 14.8 Å². The quantitative estimate of drug-likeness (QED) is 0.830. The van der Waals surface area contributed by atoms with Crippen molar-refractivity contribution in [1.29, 1.82) is 0 Å². The Kier molecular flexibility index (Phi) is 6.63. The third kappa shape index (κ3) is 5.31. The highest BCUT2D eigenvalue weighted by molar-refractivity contribution is 5.76. The first kappa shape index (κ1) is 18.4. The van der Waals surface area contributed by atoms with Crippen LogP contribution in [0, 0.1) is 0 Å². The van der Waals surface area contributed by atoms with Crippen molar-refractivity contribution in [3.63, 3.8) is 0 Å². The number of nitrogens with zero attached hydrogens (tertiary/aromatic N) is 1. The Hall–Kier alpha value is -2.37. The lowest BCUT2D eigenvalue weighted by molar-refractivity contribution is -0.124. The minimum Gasteiger partial charge on any atom is -0.457 e. The Morgan fingerprint density at radius 1 is 1.19 bits per heavy atom. The monoisotopic (exact) mass is 354 g/mol. The molecule has 0 spiro atoms. The van der Waals surface area contributed by atoms with E-state index in [-0.39, 0.29) is 11.9 Å². The maximum atomic E-state index is 12.0. The largest absolute Gasteiger partial charge is 0.457 e. The molecule has 26 heavy (non-hydrogen) atoms. The molecule has 0 unspecified atom stereocenters. The second-order valence-corrected chi connectivity index (χ2v) is 6.42. The van der Waals surface area contributed by atoms with Crippen molar-refractivity contribution in [3.05, 3.63) is 60.2 Å². The van der Waals surface area contributed by atoms with Crippen molar-refractivity contribution >= 4 is 5.91 Å². The number of carbonyl (C=O) groups excluding carboxylic acids is 1. The molecule has 1 aliphatic rings. The Labute approximate surface area is 154 Å². The minimum atomic E-state index is 0.0779. The van der Waals surface area contributed by atoms with Gasteiger partial charge in [-0.2, -0.15) is 0 Å². The van der Waals surface area contributed by atoms with Crippen LogP contribution in [0.3, 0.4) is 0 Å². The van der Waals surface area contributed by atoms with E-state index in [0.29, 0.717) is 26.2 Å². The molecular formula is C21H26N2O3. The van der Waals surface area contributed by atoms with Gasteiger partial charge in [0.25, 0.3) is 0 Å². The number of ether oxygens (including phenoxy) is 2. The summed E-state index contributed by atoms with van der Waals surface area (Å²) in [5, 5.41) is 2.87. The molecule has 0 aromatic heterocycles. The molecule has 1 fully saturated rings. The minimum absolute atomic E-state index is 0.0779. The van der Waals surface area contributed by atoms with Crippen LogP contribution in [0.4, 0.5) is 0 Å². The number of hydrogen-bond acceptors (Lipinski definition) is 4. The predicted molar refractivity (Wildman–Crippen MR) is 101 cm³/mol. The van der Waals surface area contributed by atoms with Gasteiger partial charge in [0.15, 0.2) is 0 Å². The van der Waals surface area contributed by atoms with Crippen LogP contribution < -0.4 is 10.1 Å². The maximum Gasteiger partial charge on any atom is 0.221 e. The molecule has 5 nitrogen and oxygen atoms in total. The third-order valence-corrected chi connectivity index (χ3v) is 4.41. The van der Waals surface area contributed by atoms with Gasteiger partial charge in [0.05, 0.1) is 13.2 Å². The first-order valence-electron chi connectivity index (χ1n) is 9.15. The lowest BCUT2D eigenvalue weighted by atomic mass is 10.1. The fraction of sp³-hybridized carbons (Fsp3) is 0.381. The van der Waals surface area contributed by atoms with E-state index in [4.69, 9.17) is 9.47 Å². The summed E-state index contributed by atoms with van der Waals surface area (Å²) in [5.41, 5.74) is 1.17. The highest BCUT2D eigenvalue weighted by Gasteiger charge is 2.25. The van der Waals surface area contributed by atoms with E-state index in [1.807, 2.05) is 49.4 Å². The third-order valence-electron chi connectivity index (χ3n) is 4.41. The number of para-hydroxylation sites is 1. The summed E-state index contributed by atoms with van der Waals surface area (Å²) < 4.78 is 11.5. The summed E-state index contributed by atoms with van der Waals surface area (Å²) in [5.74, 6) is 1.72. The summed E-state index contributed by atoms with van der Waals surface area (Å²) in [4.78, 5) is 14.3. The summed E-state index contributed by atoms with van der Waals surface area (Å²) in [6.45, 7) is 5.49. The van der Waals surface area contributed by atoms with Crippen molar-refractivity contribution in [3.8, 4) is 11.5 Å². The van der Waals surface area contributed by atoms with E-state index in [9.17, 15) is 4.79 Å². The van der Waals surface area contributed by atoms with Gasteiger partial charge in [-0.3, -0.25) is 9.69 Å². The molecule has 3 rings (SSSR count). The Morgan fingerprint density at radius 3 is 2.81 bits per heavy atom. The fourth-order valence-corrected chi connectivity index (χ4v) is 3.14. The smallest absolute Gasteiger partial charge is 0.221 e. The SMILES string of the molecule is CCNC(=O)C[C@@H]1COCCN1Cc1cccc(Oc2ccccc2)c1. The number of nitrogens with one attached hydrogen (secondary N) is 1. The van der Waals surface area contributed by atoms with Crippen LogP contribution in [0.15, 0.2) is 54.6 Å². The maximum absolute atomic E-state index is 12.0. The van der Waals surface area contributed by atoms with E-state index in [1.165, 1.54) is 5.56 Å². The van der Waals surface area contributed by atoms with Crippen LogP contribution in [0.1, 0.15) is 18.9 Å². The molecule has 1 amide bonds. The van der Waals surface area contributed by atoms with E-state index in [1.54, 1.807) is 0 Å². The highest BCUT2D eigenvalue weighted by atomic mass is 16.5. The van der Waals surface area contributed by atoms with Crippen molar-refractivity contribution in [2.45, 2.75) is 25.9 Å². The van der Waals surface area contributed by atoms with Crippen LogP contribution in [-0.2, 0) is 16.1 Å². The lowest BCUT2D eigenvalue weighted by Gasteiger charge is -2.35. The zero-order valence-electron chi connectivity index (χ0n) is 15.2. The van der Waals surface area contributed by atoms with E-state index < -0.39 is 0 Å².